The number of aliphatic hydroxyl groups excluding tert-OH is 1. The van der Waals surface area contributed by atoms with Gasteiger partial charge in [-0.3, -0.25) is 4.79 Å². The Balaban J connectivity index is 1.52. The second-order valence-corrected chi connectivity index (χ2v) is 10.2. The van der Waals surface area contributed by atoms with Gasteiger partial charge in [-0.05, 0) is 41.0 Å². The van der Waals surface area contributed by atoms with Crippen molar-refractivity contribution < 1.29 is 28.3 Å². The van der Waals surface area contributed by atoms with Crippen LogP contribution in [0.3, 0.4) is 0 Å². The van der Waals surface area contributed by atoms with E-state index in [0.717, 1.165) is 15.4 Å². The van der Waals surface area contributed by atoms with Gasteiger partial charge in [0.15, 0.2) is 0 Å². The van der Waals surface area contributed by atoms with E-state index in [0.29, 0.717) is 11.3 Å². The summed E-state index contributed by atoms with van der Waals surface area (Å²) in [6.45, 7) is -0.217. The molecule has 3 aromatic carbocycles. The number of phenols is 1. The maximum absolute atomic E-state index is 13.5. The van der Waals surface area contributed by atoms with Gasteiger partial charge in [0.25, 0.3) is 0 Å². The smallest absolute Gasteiger partial charge is 0.244 e. The molecule has 0 aromatic heterocycles. The van der Waals surface area contributed by atoms with E-state index in [2.05, 4.69) is 10.5 Å². The molecule has 0 aliphatic carbocycles. The fourth-order valence-corrected chi connectivity index (χ4v) is 5.64. The summed E-state index contributed by atoms with van der Waals surface area (Å²) in [5.41, 5.74) is 2.75. The van der Waals surface area contributed by atoms with Crippen LogP contribution in [0, 0.1) is 0 Å². The highest BCUT2D eigenvalue weighted by molar-refractivity contribution is 7.89. The van der Waals surface area contributed by atoms with Crippen LogP contribution in [0.2, 0.25) is 0 Å². The van der Waals surface area contributed by atoms with Crippen molar-refractivity contribution in [3.63, 3.8) is 0 Å². The fraction of sp³-hybridized carbons (Fsp3) is 0.231. The van der Waals surface area contributed by atoms with E-state index in [1.807, 2.05) is 30.3 Å². The number of phenolic OH excluding ortho intramolecular Hbond substituents is 1. The average molecular weight is 510 g/mol. The number of amides is 1. The summed E-state index contributed by atoms with van der Waals surface area (Å²) < 4.78 is 28.1. The van der Waals surface area contributed by atoms with E-state index < -0.39 is 28.1 Å². The molecular weight excluding hydrogens is 482 g/mol. The van der Waals surface area contributed by atoms with E-state index >= 15 is 0 Å². The maximum Gasteiger partial charge on any atom is 0.244 e. The zero-order valence-corrected chi connectivity index (χ0v) is 20.4. The number of carbonyl (C=O) groups excluding carboxylic acids is 1. The van der Waals surface area contributed by atoms with Crippen LogP contribution >= 0.6 is 0 Å². The summed E-state index contributed by atoms with van der Waals surface area (Å²) >= 11 is 0. The van der Waals surface area contributed by atoms with Crippen molar-refractivity contribution in [2.75, 3.05) is 20.2 Å². The molecule has 2 atom stereocenters. The summed E-state index contributed by atoms with van der Waals surface area (Å²) in [5.74, 6) is -0.498. The molecule has 2 unspecified atom stereocenters. The Morgan fingerprint density at radius 2 is 1.69 bits per heavy atom. The lowest BCUT2D eigenvalue weighted by atomic mass is 10.1. The molecule has 3 N–H and O–H groups in total. The molecule has 1 amide bonds. The normalized spacial score (nSPS) is 18.2. The molecule has 0 radical (unpaired) electrons. The van der Waals surface area contributed by atoms with Crippen molar-refractivity contribution in [3.8, 4) is 16.9 Å². The minimum Gasteiger partial charge on any atom is -0.508 e. The van der Waals surface area contributed by atoms with Gasteiger partial charge in [0, 0.05) is 13.0 Å². The number of nitrogens with one attached hydrogen (secondary N) is 1. The molecule has 0 bridgehead atoms. The van der Waals surface area contributed by atoms with Gasteiger partial charge < -0.3 is 20.4 Å². The Hall–Kier alpha value is -3.73. The second-order valence-electron chi connectivity index (χ2n) is 8.35. The molecule has 1 fully saturated rings. The lowest BCUT2D eigenvalue weighted by molar-refractivity contribution is -0.124. The van der Waals surface area contributed by atoms with Crippen LogP contribution in [0.5, 0.6) is 5.75 Å². The number of benzene rings is 3. The molecule has 36 heavy (non-hydrogen) atoms. The van der Waals surface area contributed by atoms with Gasteiger partial charge >= 0.3 is 0 Å². The van der Waals surface area contributed by atoms with Crippen LogP contribution in [0.4, 0.5) is 0 Å². The molecule has 1 heterocycles. The minimum absolute atomic E-state index is 0.0581. The number of carbonyl (C=O) groups is 1. The monoisotopic (exact) mass is 509 g/mol. The summed E-state index contributed by atoms with van der Waals surface area (Å²) in [5, 5.41) is 26.3. The molecule has 9 nitrogen and oxygen atoms in total. The van der Waals surface area contributed by atoms with Crippen LogP contribution in [-0.2, 0) is 19.7 Å². The highest BCUT2D eigenvalue weighted by Gasteiger charge is 2.42. The summed E-state index contributed by atoms with van der Waals surface area (Å²) in [4.78, 5) is 17.9. The predicted octanol–water partition coefficient (Wildman–Crippen LogP) is 2.67. The van der Waals surface area contributed by atoms with Crippen LogP contribution in [0.25, 0.3) is 11.1 Å². The van der Waals surface area contributed by atoms with Gasteiger partial charge in [-0.1, -0.05) is 59.8 Å². The van der Waals surface area contributed by atoms with Crippen molar-refractivity contribution >= 4 is 21.6 Å². The van der Waals surface area contributed by atoms with E-state index in [9.17, 15) is 23.4 Å². The second kappa shape index (κ2) is 10.9. The largest absolute Gasteiger partial charge is 0.508 e. The Morgan fingerprint density at radius 3 is 2.33 bits per heavy atom. The van der Waals surface area contributed by atoms with Crippen LogP contribution in [0.1, 0.15) is 18.1 Å². The topological polar surface area (TPSA) is 129 Å². The number of oxime groups is 1. The number of aliphatic hydroxyl groups is 1. The molecule has 3 aromatic rings. The average Bonchev–Trinajstić information content (AvgIpc) is 3.33. The number of sulfonamides is 1. The third kappa shape index (κ3) is 5.56. The maximum atomic E-state index is 13.5. The highest BCUT2D eigenvalue weighted by atomic mass is 32.2. The molecule has 4 rings (SSSR count). The first-order chi connectivity index (χ1) is 17.3. The summed E-state index contributed by atoms with van der Waals surface area (Å²) in [6.07, 6.45) is -0.963. The van der Waals surface area contributed by atoms with Crippen molar-refractivity contribution in [2.45, 2.75) is 23.5 Å². The van der Waals surface area contributed by atoms with Crippen molar-refractivity contribution in [1.82, 2.24) is 9.62 Å². The third-order valence-electron chi connectivity index (χ3n) is 5.95. The molecular formula is C26H27N3O6S. The zero-order chi connectivity index (χ0) is 25.7. The number of hydrogen-bond donors (Lipinski definition) is 3. The van der Waals surface area contributed by atoms with E-state index in [1.54, 1.807) is 24.3 Å². The molecule has 1 saturated heterocycles. The first-order valence-electron chi connectivity index (χ1n) is 11.3. The minimum atomic E-state index is -4.03. The Kier molecular flexibility index (Phi) is 7.68. The standard InChI is InChI=1S/C26H27N3O6S/c1-35-28-21-15-24(26(32)27-16-25(31)20-7-11-22(30)12-8-20)29(17-21)36(33,34)23-13-9-19(10-14-23)18-5-3-2-4-6-18/h2-14,24-25,30-31H,15-17H2,1H3,(H,27,32)/b28-21+. The highest BCUT2D eigenvalue weighted by Crippen LogP contribution is 2.28. The van der Waals surface area contributed by atoms with Gasteiger partial charge in [0.1, 0.15) is 18.9 Å². The van der Waals surface area contributed by atoms with Gasteiger partial charge in [-0.25, -0.2) is 8.42 Å². The molecule has 188 valence electrons. The predicted molar refractivity (Wildman–Crippen MR) is 135 cm³/mol. The van der Waals surface area contributed by atoms with Gasteiger partial charge in [0.05, 0.1) is 23.3 Å². The zero-order valence-electron chi connectivity index (χ0n) is 19.6. The van der Waals surface area contributed by atoms with Gasteiger partial charge in [-0.2, -0.15) is 4.31 Å². The van der Waals surface area contributed by atoms with Gasteiger partial charge in [0.2, 0.25) is 15.9 Å². The Morgan fingerprint density at radius 1 is 1.06 bits per heavy atom. The summed E-state index contributed by atoms with van der Waals surface area (Å²) in [6, 6.07) is 21.0. The first kappa shape index (κ1) is 25.4. The van der Waals surface area contributed by atoms with E-state index in [4.69, 9.17) is 4.84 Å². The van der Waals surface area contributed by atoms with Gasteiger partial charge in [-0.15, -0.1) is 0 Å². The lowest BCUT2D eigenvalue weighted by Crippen LogP contribution is -2.46. The van der Waals surface area contributed by atoms with Crippen LogP contribution in [0.15, 0.2) is 88.9 Å². The molecule has 1 aliphatic rings. The van der Waals surface area contributed by atoms with E-state index in [-0.39, 0.29) is 30.2 Å². The number of nitrogens with zero attached hydrogens (tertiary/aromatic N) is 2. The molecule has 10 heteroatoms. The van der Waals surface area contributed by atoms with Crippen molar-refractivity contribution in [1.29, 1.82) is 0 Å². The molecule has 0 saturated carbocycles. The van der Waals surface area contributed by atoms with Crippen molar-refractivity contribution in [3.05, 3.63) is 84.4 Å². The quantitative estimate of drug-likeness (QED) is 0.401. The fourth-order valence-electron chi connectivity index (χ4n) is 4.07. The van der Waals surface area contributed by atoms with Crippen LogP contribution in [-0.4, -0.2) is 60.8 Å². The Labute approximate surface area is 209 Å². The van der Waals surface area contributed by atoms with Crippen LogP contribution < -0.4 is 5.32 Å². The Bertz CT molecular complexity index is 1330. The SMILES string of the molecule is CO/N=C1\CC(C(=O)NCC(O)c2ccc(O)cc2)N(S(=O)(=O)c2ccc(-c3ccccc3)cc2)C1. The number of rotatable bonds is 8. The van der Waals surface area contributed by atoms with Crippen molar-refractivity contribution in [2.24, 2.45) is 5.16 Å². The molecule has 1 aliphatic heterocycles. The summed E-state index contributed by atoms with van der Waals surface area (Å²) in [7, 11) is -2.68. The first-order valence-corrected chi connectivity index (χ1v) is 12.7. The number of hydrogen-bond acceptors (Lipinski definition) is 7. The van der Waals surface area contributed by atoms with E-state index in [1.165, 1.54) is 31.4 Å². The third-order valence-corrected chi connectivity index (χ3v) is 7.82. The lowest BCUT2D eigenvalue weighted by Gasteiger charge is -2.23. The molecule has 0 spiro atoms. The number of aromatic hydroxyl groups is 1.